The van der Waals surface area contributed by atoms with Crippen LogP contribution in [0.4, 0.5) is 10.1 Å². The van der Waals surface area contributed by atoms with E-state index in [1.807, 2.05) is 5.32 Å². The number of nitrogens with one attached hydrogen (secondary N) is 2. The van der Waals surface area contributed by atoms with Crippen LogP contribution in [0.5, 0.6) is 0 Å². The summed E-state index contributed by atoms with van der Waals surface area (Å²) in [5, 5.41) is 37.5. The van der Waals surface area contributed by atoms with Gasteiger partial charge < -0.3 is 30.3 Å². The maximum atomic E-state index is 14.8. The molecule has 2 aromatic rings. The van der Waals surface area contributed by atoms with E-state index in [0.29, 0.717) is 36.6 Å². The van der Waals surface area contributed by atoms with E-state index in [4.69, 9.17) is 4.74 Å². The second-order valence-electron chi connectivity index (χ2n) is 11.7. The van der Waals surface area contributed by atoms with E-state index in [9.17, 15) is 34.1 Å². The molecule has 0 radical (unpaired) electrons. The minimum atomic E-state index is -3.03. The predicted octanol–water partition coefficient (Wildman–Crippen LogP) is -4.91. The van der Waals surface area contributed by atoms with Gasteiger partial charge in [-0.3, -0.25) is 24.6 Å². The molecule has 16 heteroatoms. The molecule has 5 N–H and O–H groups in total. The molecule has 3 unspecified atom stereocenters. The number of amides is 3. The molecule has 0 aromatic heterocycles. The largest absolute Gasteiger partial charge is 0.391 e. The number of anilines is 1. The van der Waals surface area contributed by atoms with Crippen molar-refractivity contribution in [1.29, 1.82) is 0 Å². The van der Waals surface area contributed by atoms with Gasteiger partial charge in [0.05, 0.1) is 13.2 Å². The number of halogens is 1. The number of fused-ring (bicyclic) bond motifs is 1. The van der Waals surface area contributed by atoms with Crippen molar-refractivity contribution < 1.29 is 38.8 Å². The highest BCUT2D eigenvalue weighted by atomic mass is 19.1. The average molecular weight is 562 g/mol. The Kier molecular flexibility index (Phi) is 7.14. The lowest BCUT2D eigenvalue weighted by molar-refractivity contribution is -0.235. The summed E-state index contributed by atoms with van der Waals surface area (Å²) in [5.41, 5.74) is -6.10. The first-order valence-electron chi connectivity index (χ1n) is 13.5. The van der Waals surface area contributed by atoms with Crippen LogP contribution in [0.1, 0.15) is 27.0 Å². The Morgan fingerprint density at radius 2 is 1.68 bits per heavy atom. The van der Waals surface area contributed by atoms with Gasteiger partial charge in [0.2, 0.25) is 5.72 Å². The SMILES string of the molecule is BC1(B)c2c(NCc3cc(CN4CCOCC4)ccc3F)cccc2C(=O)N1C1(O)C(=O)NC(=O)C(B)(O)C1(B)O. The summed E-state index contributed by atoms with van der Waals surface area (Å²) in [4.78, 5) is 42.2. The summed E-state index contributed by atoms with van der Waals surface area (Å²) in [6.45, 7) is 3.62. The number of rotatable bonds is 6. The van der Waals surface area contributed by atoms with Crippen molar-refractivity contribution in [3.05, 3.63) is 64.5 Å². The summed E-state index contributed by atoms with van der Waals surface area (Å²) in [6, 6.07) is 9.76. The van der Waals surface area contributed by atoms with Crippen molar-refractivity contribution in [3.8, 4) is 0 Å². The number of ether oxygens (including phenoxy) is 1. The smallest absolute Gasteiger partial charge is 0.282 e. The molecule has 2 saturated heterocycles. The van der Waals surface area contributed by atoms with Crippen molar-refractivity contribution in [2.75, 3.05) is 31.6 Å². The van der Waals surface area contributed by atoms with E-state index in [2.05, 4.69) is 10.2 Å². The number of hydrogen-bond acceptors (Lipinski definition) is 9. The van der Waals surface area contributed by atoms with E-state index in [0.717, 1.165) is 39.2 Å². The molecule has 3 aliphatic rings. The second kappa shape index (κ2) is 9.99. The molecule has 5 rings (SSSR count). The Hall–Kier alpha value is -3.16. The van der Waals surface area contributed by atoms with Gasteiger partial charge in [-0.2, -0.15) is 0 Å². The third-order valence-electron chi connectivity index (χ3n) is 8.69. The number of morpholine rings is 1. The molecule has 0 aliphatic carbocycles. The van der Waals surface area contributed by atoms with Crippen LogP contribution in [0.15, 0.2) is 36.4 Å². The van der Waals surface area contributed by atoms with Crippen LogP contribution in [0.2, 0.25) is 0 Å². The standard InChI is InChI=1S/C25H31B4FN4O7/c26-22(38)20(36)32-21(37)23(39,25(22,29)40)34-19(35)15-2-1-3-17(18(15)24(34,27)28)31-11-14-10-13(4-5-16(14)30)12-33-6-8-41-9-7-33/h1-5,10,31,38-40H,6-9,11-12,26-29H2,(H,32,36,37). The van der Waals surface area contributed by atoms with E-state index in [1.165, 1.54) is 12.1 Å². The van der Waals surface area contributed by atoms with Crippen LogP contribution in [0.3, 0.4) is 0 Å². The van der Waals surface area contributed by atoms with Gasteiger partial charge in [-0.15, -0.1) is 0 Å². The predicted molar refractivity (Wildman–Crippen MR) is 156 cm³/mol. The monoisotopic (exact) mass is 562 g/mol. The molecular formula is C25H31B4FN4O7. The molecule has 3 amide bonds. The second-order valence-corrected chi connectivity index (χ2v) is 11.7. The van der Waals surface area contributed by atoms with Crippen molar-refractivity contribution in [1.82, 2.24) is 15.1 Å². The van der Waals surface area contributed by atoms with Gasteiger partial charge in [-0.1, -0.05) is 12.1 Å². The summed E-state index contributed by atoms with van der Waals surface area (Å²) in [7, 11) is 5.02. The first kappa shape index (κ1) is 29.3. The lowest BCUT2D eigenvalue weighted by atomic mass is 9.49. The van der Waals surface area contributed by atoms with Crippen LogP contribution < -0.4 is 10.6 Å². The highest BCUT2D eigenvalue weighted by Gasteiger charge is 2.73. The maximum Gasteiger partial charge on any atom is 0.282 e. The Labute approximate surface area is 240 Å². The Morgan fingerprint density at radius 3 is 2.37 bits per heavy atom. The zero-order valence-corrected chi connectivity index (χ0v) is 23.5. The normalized spacial score (nSPS) is 29.8. The Balaban J connectivity index is 1.46. The molecular weight excluding hydrogens is 531 g/mol. The van der Waals surface area contributed by atoms with Gasteiger partial charge in [0, 0.05) is 48.3 Å². The van der Waals surface area contributed by atoms with Crippen LogP contribution in [-0.2, 0) is 32.8 Å². The molecule has 212 valence electrons. The van der Waals surface area contributed by atoms with E-state index >= 15 is 0 Å². The molecule has 0 bridgehead atoms. The quantitative estimate of drug-likeness (QED) is 0.173. The third-order valence-corrected chi connectivity index (χ3v) is 8.69. The van der Waals surface area contributed by atoms with Crippen LogP contribution >= 0.6 is 0 Å². The van der Waals surface area contributed by atoms with Crippen LogP contribution in [0, 0.1) is 5.82 Å². The lowest BCUT2D eigenvalue weighted by Crippen LogP contribution is -2.87. The highest BCUT2D eigenvalue weighted by molar-refractivity contribution is 6.44. The summed E-state index contributed by atoms with van der Waals surface area (Å²) in [5.74, 6) is -3.75. The maximum absolute atomic E-state index is 14.8. The number of hydrogen-bond donors (Lipinski definition) is 5. The van der Waals surface area contributed by atoms with Gasteiger partial charge in [0.1, 0.15) is 32.5 Å². The van der Waals surface area contributed by atoms with Crippen LogP contribution in [0.25, 0.3) is 0 Å². The fourth-order valence-corrected chi connectivity index (χ4v) is 6.06. The van der Waals surface area contributed by atoms with Gasteiger partial charge in [0.15, 0.2) is 15.7 Å². The molecule has 41 heavy (non-hydrogen) atoms. The minimum absolute atomic E-state index is 0.0786. The number of carbonyl (C=O) groups is 3. The zero-order valence-electron chi connectivity index (χ0n) is 23.5. The average Bonchev–Trinajstić information content (AvgIpc) is 3.13. The van der Waals surface area contributed by atoms with Gasteiger partial charge in [0.25, 0.3) is 17.7 Å². The van der Waals surface area contributed by atoms with Crippen molar-refractivity contribution in [2.45, 2.75) is 35.2 Å². The molecule has 2 fully saturated rings. The first-order valence-corrected chi connectivity index (χ1v) is 13.5. The molecule has 3 atom stereocenters. The lowest BCUT2D eigenvalue weighted by Gasteiger charge is -2.57. The highest BCUT2D eigenvalue weighted by Crippen LogP contribution is 2.47. The van der Waals surface area contributed by atoms with Crippen molar-refractivity contribution in [2.24, 2.45) is 0 Å². The van der Waals surface area contributed by atoms with Gasteiger partial charge >= 0.3 is 0 Å². The summed E-state index contributed by atoms with van der Waals surface area (Å²) in [6.07, 6.45) is 0. The number of carbonyl (C=O) groups excluding carboxylic acids is 3. The minimum Gasteiger partial charge on any atom is -0.391 e. The van der Waals surface area contributed by atoms with E-state index < -0.39 is 45.6 Å². The molecule has 3 heterocycles. The molecule has 0 saturated carbocycles. The zero-order chi connectivity index (χ0) is 30.0. The number of nitrogens with zero attached hydrogens (tertiary/aromatic N) is 2. The number of imide groups is 1. The van der Waals surface area contributed by atoms with Crippen molar-refractivity contribution >= 4 is 54.8 Å². The molecule has 2 aromatic carbocycles. The Morgan fingerprint density at radius 1 is 1.00 bits per heavy atom. The number of piperidine rings is 1. The number of aliphatic hydroxyl groups is 3. The molecule has 11 nitrogen and oxygen atoms in total. The molecule has 3 aliphatic heterocycles. The molecule has 0 spiro atoms. The third kappa shape index (κ3) is 4.40. The summed E-state index contributed by atoms with van der Waals surface area (Å²) >= 11 is 0. The van der Waals surface area contributed by atoms with Crippen LogP contribution in [-0.4, -0.2) is 117 Å². The van der Waals surface area contributed by atoms with E-state index in [-0.39, 0.29) is 12.1 Å². The van der Waals surface area contributed by atoms with Gasteiger partial charge in [-0.05, 0) is 35.4 Å². The van der Waals surface area contributed by atoms with Crippen molar-refractivity contribution in [3.63, 3.8) is 0 Å². The van der Waals surface area contributed by atoms with E-state index in [1.54, 1.807) is 40.0 Å². The van der Waals surface area contributed by atoms with Gasteiger partial charge in [-0.25, -0.2) is 4.39 Å². The number of benzene rings is 2. The fourth-order valence-electron chi connectivity index (χ4n) is 6.06. The summed E-state index contributed by atoms with van der Waals surface area (Å²) < 4.78 is 20.2. The first-order chi connectivity index (χ1) is 19.1. The Bertz CT molecular complexity index is 1440. The topological polar surface area (TPSA) is 152 Å². The fraction of sp³-hybridized carbons (Fsp3) is 0.400.